The number of benzene rings is 2. The highest BCUT2D eigenvalue weighted by Gasteiger charge is 2.16. The van der Waals surface area contributed by atoms with Gasteiger partial charge in [-0.1, -0.05) is 49.4 Å². The Hall–Kier alpha value is -3.41. The highest BCUT2D eigenvalue weighted by Crippen LogP contribution is 2.14. The molecule has 0 aliphatic carbocycles. The molecule has 2 amide bonds. The van der Waals surface area contributed by atoms with E-state index in [1.165, 1.54) is 6.92 Å². The average molecular weight is 376 g/mol. The van der Waals surface area contributed by atoms with E-state index in [2.05, 4.69) is 15.7 Å². The first-order valence-corrected chi connectivity index (χ1v) is 9.30. The van der Waals surface area contributed by atoms with Crippen LogP contribution in [0.1, 0.15) is 41.0 Å². The number of nitrogens with one attached hydrogen (secondary N) is 2. The van der Waals surface area contributed by atoms with Crippen molar-refractivity contribution in [2.75, 3.05) is 5.32 Å². The number of hydrogen-bond donors (Lipinski definition) is 2. The van der Waals surface area contributed by atoms with Crippen molar-refractivity contribution in [3.8, 4) is 0 Å². The molecule has 0 fully saturated rings. The van der Waals surface area contributed by atoms with Gasteiger partial charge in [0.2, 0.25) is 5.91 Å². The van der Waals surface area contributed by atoms with Gasteiger partial charge in [0.05, 0.1) is 24.0 Å². The first-order valence-electron chi connectivity index (χ1n) is 9.30. The number of aromatic nitrogens is 2. The molecule has 144 valence electrons. The van der Waals surface area contributed by atoms with Gasteiger partial charge < -0.3 is 10.6 Å². The molecule has 0 spiro atoms. The van der Waals surface area contributed by atoms with Crippen LogP contribution in [0.25, 0.3) is 0 Å². The molecule has 0 saturated heterocycles. The summed E-state index contributed by atoms with van der Waals surface area (Å²) in [6.45, 7) is 4.50. The summed E-state index contributed by atoms with van der Waals surface area (Å²) in [5.41, 5.74) is 4.27. The van der Waals surface area contributed by atoms with Crippen LogP contribution in [0.5, 0.6) is 0 Å². The van der Waals surface area contributed by atoms with Gasteiger partial charge in [0.1, 0.15) is 0 Å². The molecule has 3 rings (SSSR count). The van der Waals surface area contributed by atoms with Crippen molar-refractivity contribution in [2.24, 2.45) is 0 Å². The van der Waals surface area contributed by atoms with E-state index in [4.69, 9.17) is 0 Å². The number of carbonyl (C=O) groups is 2. The number of carbonyl (C=O) groups excluding carboxylic acids is 2. The van der Waals surface area contributed by atoms with E-state index < -0.39 is 0 Å². The van der Waals surface area contributed by atoms with Gasteiger partial charge in [0.15, 0.2) is 0 Å². The number of rotatable bonds is 7. The lowest BCUT2D eigenvalue weighted by atomic mass is 10.1. The number of anilines is 1. The third-order valence-electron chi connectivity index (χ3n) is 4.40. The smallest absolute Gasteiger partial charge is 0.255 e. The fourth-order valence-electron chi connectivity index (χ4n) is 3.11. The molecular formula is C22H24N4O2. The van der Waals surface area contributed by atoms with E-state index in [0.29, 0.717) is 30.8 Å². The second-order valence-electron chi connectivity index (χ2n) is 6.57. The molecular weight excluding hydrogens is 352 g/mol. The molecule has 0 radical (unpaired) electrons. The van der Waals surface area contributed by atoms with E-state index in [1.807, 2.05) is 66.2 Å². The van der Waals surface area contributed by atoms with Crippen molar-refractivity contribution >= 4 is 17.5 Å². The summed E-state index contributed by atoms with van der Waals surface area (Å²) >= 11 is 0. The second-order valence-corrected chi connectivity index (χ2v) is 6.57. The summed E-state index contributed by atoms with van der Waals surface area (Å²) in [5.74, 6) is -0.277. The Morgan fingerprint density at radius 2 is 1.79 bits per heavy atom. The van der Waals surface area contributed by atoms with E-state index >= 15 is 0 Å². The third-order valence-corrected chi connectivity index (χ3v) is 4.40. The molecule has 6 nitrogen and oxygen atoms in total. The summed E-state index contributed by atoms with van der Waals surface area (Å²) < 4.78 is 1.88. The van der Waals surface area contributed by atoms with Gasteiger partial charge in [-0.2, -0.15) is 5.10 Å². The Morgan fingerprint density at radius 3 is 2.50 bits per heavy atom. The van der Waals surface area contributed by atoms with Crippen molar-refractivity contribution in [3.63, 3.8) is 0 Å². The molecule has 0 unspecified atom stereocenters. The molecule has 0 atom stereocenters. The van der Waals surface area contributed by atoms with Crippen LogP contribution >= 0.6 is 0 Å². The molecule has 6 heteroatoms. The summed E-state index contributed by atoms with van der Waals surface area (Å²) in [4.78, 5) is 23.9. The van der Waals surface area contributed by atoms with Crippen LogP contribution in [0.3, 0.4) is 0 Å². The zero-order valence-corrected chi connectivity index (χ0v) is 16.1. The van der Waals surface area contributed by atoms with Gasteiger partial charge in [0.25, 0.3) is 5.91 Å². The lowest BCUT2D eigenvalue weighted by Crippen LogP contribution is -2.24. The quantitative estimate of drug-likeness (QED) is 0.664. The van der Waals surface area contributed by atoms with Crippen molar-refractivity contribution < 1.29 is 9.59 Å². The molecule has 0 saturated carbocycles. The number of nitrogens with zero attached hydrogens (tertiary/aromatic N) is 2. The molecule has 1 heterocycles. The Bertz CT molecular complexity index is 964. The van der Waals surface area contributed by atoms with Crippen LogP contribution in [0.4, 0.5) is 5.69 Å². The lowest BCUT2D eigenvalue weighted by molar-refractivity contribution is -0.114. The van der Waals surface area contributed by atoms with Crippen LogP contribution in [0.15, 0.2) is 60.8 Å². The second kappa shape index (κ2) is 8.99. The maximum Gasteiger partial charge on any atom is 0.255 e. The Kier molecular flexibility index (Phi) is 6.22. The van der Waals surface area contributed by atoms with Crippen LogP contribution in [0, 0.1) is 0 Å². The van der Waals surface area contributed by atoms with Crippen LogP contribution < -0.4 is 10.6 Å². The minimum absolute atomic E-state index is 0.125. The molecule has 28 heavy (non-hydrogen) atoms. The third kappa shape index (κ3) is 4.85. The monoisotopic (exact) mass is 376 g/mol. The van der Waals surface area contributed by atoms with Gasteiger partial charge in [-0.25, -0.2) is 0 Å². The molecule has 0 aliphatic heterocycles. The largest absolute Gasteiger partial charge is 0.348 e. The average Bonchev–Trinajstić information content (AvgIpc) is 3.09. The fourth-order valence-corrected chi connectivity index (χ4v) is 3.11. The zero-order chi connectivity index (χ0) is 19.9. The maximum absolute atomic E-state index is 12.7. The minimum atomic E-state index is -0.152. The summed E-state index contributed by atoms with van der Waals surface area (Å²) in [6.07, 6.45) is 2.35. The highest BCUT2D eigenvalue weighted by molar-refractivity contribution is 5.95. The van der Waals surface area contributed by atoms with Crippen molar-refractivity contribution in [1.29, 1.82) is 0 Å². The van der Waals surface area contributed by atoms with Gasteiger partial charge >= 0.3 is 0 Å². The predicted octanol–water partition coefficient (Wildman–Crippen LogP) is 3.38. The summed E-state index contributed by atoms with van der Waals surface area (Å²) in [7, 11) is 0. The molecule has 2 N–H and O–H groups in total. The van der Waals surface area contributed by atoms with E-state index in [1.54, 1.807) is 6.20 Å². The Morgan fingerprint density at radius 1 is 1.04 bits per heavy atom. The highest BCUT2D eigenvalue weighted by atomic mass is 16.2. The SMILES string of the molecule is CCc1c(C(=O)NCc2cccc(NC(C)=O)c2)cnn1Cc1ccccc1. The predicted molar refractivity (Wildman–Crippen MR) is 109 cm³/mol. The molecule has 0 aliphatic rings. The maximum atomic E-state index is 12.7. The van der Waals surface area contributed by atoms with Crippen LogP contribution in [-0.2, 0) is 24.3 Å². The number of amides is 2. The van der Waals surface area contributed by atoms with Gasteiger partial charge in [-0.05, 0) is 29.7 Å². The first kappa shape index (κ1) is 19.4. The Labute approximate surface area is 164 Å². The molecule has 1 aromatic heterocycles. The van der Waals surface area contributed by atoms with Gasteiger partial charge in [-0.15, -0.1) is 0 Å². The molecule has 3 aromatic rings. The van der Waals surface area contributed by atoms with E-state index in [0.717, 1.165) is 16.8 Å². The van der Waals surface area contributed by atoms with Crippen LogP contribution in [-0.4, -0.2) is 21.6 Å². The lowest BCUT2D eigenvalue weighted by Gasteiger charge is -2.10. The summed E-state index contributed by atoms with van der Waals surface area (Å²) in [5, 5.41) is 10.1. The molecule has 2 aromatic carbocycles. The normalized spacial score (nSPS) is 10.5. The van der Waals surface area contributed by atoms with Gasteiger partial charge in [-0.3, -0.25) is 14.3 Å². The fraction of sp³-hybridized carbons (Fsp3) is 0.227. The Balaban J connectivity index is 1.68. The first-order chi connectivity index (χ1) is 13.6. The standard InChI is InChI=1S/C22H24N4O2/c1-3-21-20(14-24-26(21)15-17-8-5-4-6-9-17)22(28)23-13-18-10-7-11-19(12-18)25-16(2)27/h4-12,14H,3,13,15H2,1-2H3,(H,23,28)(H,25,27). The van der Waals surface area contributed by atoms with Crippen molar-refractivity contribution in [3.05, 3.63) is 83.2 Å². The van der Waals surface area contributed by atoms with Crippen LogP contribution in [0.2, 0.25) is 0 Å². The van der Waals surface area contributed by atoms with Gasteiger partial charge in [0, 0.05) is 19.2 Å². The topological polar surface area (TPSA) is 76.0 Å². The number of hydrogen-bond acceptors (Lipinski definition) is 3. The van der Waals surface area contributed by atoms with E-state index in [-0.39, 0.29) is 11.8 Å². The minimum Gasteiger partial charge on any atom is -0.348 e. The van der Waals surface area contributed by atoms with Crippen molar-refractivity contribution in [2.45, 2.75) is 33.4 Å². The van der Waals surface area contributed by atoms with Crippen molar-refractivity contribution in [1.82, 2.24) is 15.1 Å². The zero-order valence-electron chi connectivity index (χ0n) is 16.1. The van der Waals surface area contributed by atoms with E-state index in [9.17, 15) is 9.59 Å². The molecule has 0 bridgehead atoms. The summed E-state index contributed by atoms with van der Waals surface area (Å²) in [6, 6.07) is 17.5.